The maximum Gasteiger partial charge on any atom is 0.123 e. The Labute approximate surface area is 232 Å². The first-order valence-electron chi connectivity index (χ1n) is 14.9. The third-order valence-corrected chi connectivity index (χ3v) is 10.9. The molecule has 3 fully saturated rings. The van der Waals surface area contributed by atoms with Gasteiger partial charge in [0.15, 0.2) is 0 Å². The summed E-state index contributed by atoms with van der Waals surface area (Å²) in [6.07, 6.45) is 2.64. The van der Waals surface area contributed by atoms with Gasteiger partial charge in [0.1, 0.15) is 30.0 Å². The SMILES string of the molecule is COc1ccc(CO[C@]2(C)C[N@+]3(Cc4cc(C(C)(C)C)cc(C(C)(C)C)c4)C[C@@H](C)[C@@H]4CC[C@H]2[C@@]43C)cc1. The van der Waals surface area contributed by atoms with E-state index in [0.29, 0.717) is 12.5 Å². The summed E-state index contributed by atoms with van der Waals surface area (Å²) in [5, 5.41) is 0. The third kappa shape index (κ3) is 4.42. The van der Waals surface area contributed by atoms with Crippen molar-refractivity contribution < 1.29 is 14.0 Å². The van der Waals surface area contributed by atoms with Crippen LogP contribution in [-0.4, -0.2) is 35.8 Å². The summed E-state index contributed by atoms with van der Waals surface area (Å²) in [6, 6.07) is 15.9. The van der Waals surface area contributed by atoms with E-state index < -0.39 is 0 Å². The zero-order chi connectivity index (χ0) is 27.7. The van der Waals surface area contributed by atoms with Crippen LogP contribution in [0.15, 0.2) is 42.5 Å². The maximum atomic E-state index is 6.98. The molecule has 5 rings (SSSR count). The molecule has 208 valence electrons. The zero-order valence-corrected chi connectivity index (χ0v) is 25.8. The Morgan fingerprint density at radius 1 is 0.868 bits per heavy atom. The maximum absolute atomic E-state index is 6.98. The van der Waals surface area contributed by atoms with Crippen molar-refractivity contribution in [2.75, 3.05) is 20.2 Å². The Morgan fingerprint density at radius 3 is 2.03 bits per heavy atom. The fraction of sp³-hybridized carbons (Fsp3) is 0.657. The van der Waals surface area contributed by atoms with Crippen molar-refractivity contribution in [3.05, 3.63) is 64.7 Å². The van der Waals surface area contributed by atoms with Gasteiger partial charge >= 0.3 is 0 Å². The molecule has 2 saturated heterocycles. The predicted molar refractivity (Wildman–Crippen MR) is 158 cm³/mol. The van der Waals surface area contributed by atoms with E-state index in [1.54, 1.807) is 7.11 Å². The number of benzene rings is 2. The van der Waals surface area contributed by atoms with Crippen LogP contribution >= 0.6 is 0 Å². The lowest BCUT2D eigenvalue weighted by atomic mass is 9.76. The van der Waals surface area contributed by atoms with Crippen LogP contribution in [0.3, 0.4) is 0 Å². The monoisotopic (exact) mass is 518 g/mol. The topological polar surface area (TPSA) is 18.5 Å². The van der Waals surface area contributed by atoms with Crippen molar-refractivity contribution in [2.45, 2.75) is 110 Å². The fourth-order valence-corrected chi connectivity index (χ4v) is 8.88. The van der Waals surface area contributed by atoms with Gasteiger partial charge in [-0.1, -0.05) is 66.7 Å². The molecule has 2 heterocycles. The van der Waals surface area contributed by atoms with Gasteiger partial charge < -0.3 is 14.0 Å². The van der Waals surface area contributed by atoms with Gasteiger partial charge in [0.2, 0.25) is 0 Å². The molecule has 2 aliphatic heterocycles. The third-order valence-electron chi connectivity index (χ3n) is 10.9. The second-order valence-electron chi connectivity index (χ2n) is 15.5. The summed E-state index contributed by atoms with van der Waals surface area (Å²) < 4.78 is 13.5. The quantitative estimate of drug-likeness (QED) is 0.360. The van der Waals surface area contributed by atoms with E-state index in [0.717, 1.165) is 30.7 Å². The molecule has 0 N–H and O–H groups in total. The van der Waals surface area contributed by atoms with Crippen molar-refractivity contribution >= 4 is 0 Å². The minimum Gasteiger partial charge on any atom is -0.497 e. The number of nitrogens with zero attached hydrogens (tertiary/aromatic N) is 1. The van der Waals surface area contributed by atoms with E-state index in [1.807, 2.05) is 12.1 Å². The molecule has 2 aromatic carbocycles. The summed E-state index contributed by atoms with van der Waals surface area (Å²) in [7, 11) is 1.72. The normalized spacial score (nSPS) is 34.5. The van der Waals surface area contributed by atoms with Gasteiger partial charge in [-0.25, -0.2) is 0 Å². The highest BCUT2D eigenvalue weighted by Crippen LogP contribution is 2.65. The molecule has 3 aliphatic rings. The minimum atomic E-state index is -0.113. The van der Waals surface area contributed by atoms with E-state index in [1.165, 1.54) is 46.1 Å². The van der Waals surface area contributed by atoms with Crippen molar-refractivity contribution in [1.82, 2.24) is 0 Å². The van der Waals surface area contributed by atoms with E-state index in [9.17, 15) is 0 Å². The van der Waals surface area contributed by atoms with Crippen molar-refractivity contribution in [3.63, 3.8) is 0 Å². The molecule has 1 saturated carbocycles. The summed E-state index contributed by atoms with van der Waals surface area (Å²) in [4.78, 5) is 0. The molecule has 1 aliphatic carbocycles. The number of rotatable bonds is 6. The minimum absolute atomic E-state index is 0.113. The molecule has 6 atom stereocenters. The fourth-order valence-electron chi connectivity index (χ4n) is 8.88. The molecular weight excluding hydrogens is 466 g/mol. The average Bonchev–Trinajstić information content (AvgIpc) is 3.36. The molecule has 0 amide bonds. The molecule has 3 nitrogen and oxygen atoms in total. The highest BCUT2D eigenvalue weighted by atomic mass is 16.5. The largest absolute Gasteiger partial charge is 0.497 e. The van der Waals surface area contributed by atoms with Crippen LogP contribution in [-0.2, 0) is 28.7 Å². The predicted octanol–water partition coefficient (Wildman–Crippen LogP) is 8.03. The van der Waals surface area contributed by atoms with E-state index in [4.69, 9.17) is 9.47 Å². The first-order chi connectivity index (χ1) is 17.6. The van der Waals surface area contributed by atoms with E-state index >= 15 is 0 Å². The van der Waals surface area contributed by atoms with E-state index in [-0.39, 0.29) is 22.0 Å². The Kier molecular flexibility index (Phi) is 6.63. The summed E-state index contributed by atoms with van der Waals surface area (Å²) in [5.41, 5.74) is 6.11. The Bertz CT molecular complexity index is 1140. The summed E-state index contributed by atoms with van der Waals surface area (Å²) in [5.74, 6) is 3.05. The molecule has 0 radical (unpaired) electrons. The number of hydrogen-bond donors (Lipinski definition) is 0. The molecule has 38 heavy (non-hydrogen) atoms. The van der Waals surface area contributed by atoms with Gasteiger partial charge in [-0.15, -0.1) is 0 Å². The summed E-state index contributed by atoms with van der Waals surface area (Å²) >= 11 is 0. The van der Waals surface area contributed by atoms with Gasteiger partial charge in [-0.3, -0.25) is 0 Å². The zero-order valence-electron chi connectivity index (χ0n) is 25.8. The van der Waals surface area contributed by atoms with Crippen LogP contribution in [0.2, 0.25) is 0 Å². The molecule has 3 heteroatoms. The second kappa shape index (κ2) is 9.10. The molecule has 0 spiro atoms. The lowest BCUT2D eigenvalue weighted by Crippen LogP contribution is -2.57. The highest BCUT2D eigenvalue weighted by molar-refractivity contribution is 5.37. The van der Waals surface area contributed by atoms with Crippen LogP contribution < -0.4 is 4.74 Å². The standard InChI is InChI=1S/C35H52NO2/c1-24-20-36(21-26-17-27(32(2,3)4)19-28(18-26)33(5,6)7)23-34(8,31-16-15-30(24)35(31,36)9)38-22-25-11-13-29(37-10)14-12-25/h11-14,17-19,24,30-31H,15-16,20-23H2,1-10H3/q+1/t24-,30+,31-,34-,35-,36-/m1/s1. The molecular formula is C35H52NO2+. The Morgan fingerprint density at radius 2 is 1.47 bits per heavy atom. The van der Waals surface area contributed by atoms with Crippen molar-refractivity contribution in [3.8, 4) is 5.75 Å². The first-order valence-corrected chi connectivity index (χ1v) is 14.9. The highest BCUT2D eigenvalue weighted by Gasteiger charge is 2.76. The van der Waals surface area contributed by atoms with Gasteiger partial charge in [-0.2, -0.15) is 0 Å². The summed E-state index contributed by atoms with van der Waals surface area (Å²) in [6.45, 7) is 25.9. The van der Waals surface area contributed by atoms with Crippen LogP contribution in [0.4, 0.5) is 0 Å². The molecule has 0 bridgehead atoms. The van der Waals surface area contributed by atoms with Crippen LogP contribution in [0.1, 0.15) is 97.4 Å². The number of quaternary nitrogens is 1. The van der Waals surface area contributed by atoms with Crippen LogP contribution in [0.25, 0.3) is 0 Å². The number of methoxy groups -OCH3 is 1. The number of ether oxygens (including phenoxy) is 2. The first kappa shape index (κ1) is 27.7. The van der Waals surface area contributed by atoms with Gasteiger partial charge in [0.25, 0.3) is 0 Å². The second-order valence-corrected chi connectivity index (χ2v) is 15.5. The molecule has 0 unspecified atom stereocenters. The van der Waals surface area contributed by atoms with Gasteiger partial charge in [-0.05, 0) is 78.5 Å². The molecule has 2 aromatic rings. The van der Waals surface area contributed by atoms with Crippen LogP contribution in [0.5, 0.6) is 5.75 Å². The van der Waals surface area contributed by atoms with Crippen molar-refractivity contribution in [2.24, 2.45) is 17.8 Å². The number of hydrogen-bond acceptors (Lipinski definition) is 2. The molecule has 0 aromatic heterocycles. The lowest BCUT2D eigenvalue weighted by molar-refractivity contribution is -0.967. The van der Waals surface area contributed by atoms with Gasteiger partial charge in [0, 0.05) is 23.3 Å². The average molecular weight is 519 g/mol. The smallest absolute Gasteiger partial charge is 0.123 e. The Balaban J connectivity index is 1.50. The van der Waals surface area contributed by atoms with Crippen molar-refractivity contribution in [1.29, 1.82) is 0 Å². The van der Waals surface area contributed by atoms with Crippen LogP contribution in [0, 0.1) is 17.8 Å². The lowest BCUT2D eigenvalue weighted by Gasteiger charge is -2.44. The van der Waals surface area contributed by atoms with E-state index in [2.05, 4.69) is 92.6 Å². The Hall–Kier alpha value is -1.84. The van der Waals surface area contributed by atoms with Gasteiger partial charge in [0.05, 0.1) is 20.3 Å².